The van der Waals surface area contributed by atoms with Crippen LogP contribution in [-0.4, -0.2) is 33.9 Å². The van der Waals surface area contributed by atoms with E-state index in [1.807, 2.05) is 58.0 Å². The number of hydrogen-bond acceptors (Lipinski definition) is 4. The summed E-state index contributed by atoms with van der Waals surface area (Å²) in [6.07, 6.45) is 1.60. The van der Waals surface area contributed by atoms with Gasteiger partial charge in [-0.05, 0) is 57.5 Å². The van der Waals surface area contributed by atoms with E-state index in [-0.39, 0.29) is 18.3 Å². The van der Waals surface area contributed by atoms with Crippen LogP contribution in [0, 0.1) is 13.8 Å². The summed E-state index contributed by atoms with van der Waals surface area (Å²) in [5.74, 6) is -0.0688. The summed E-state index contributed by atoms with van der Waals surface area (Å²) in [6, 6.07) is 9.64. The maximum atomic E-state index is 13.1. The topological polar surface area (TPSA) is 58.1 Å². The van der Waals surface area contributed by atoms with Gasteiger partial charge in [0.2, 0.25) is 0 Å². The van der Waals surface area contributed by atoms with Crippen molar-refractivity contribution >= 4 is 52.3 Å². The van der Waals surface area contributed by atoms with Gasteiger partial charge >= 0.3 is 0 Å². The molecule has 2 aromatic heterocycles. The number of hydrogen-bond donors (Lipinski definition) is 1. The summed E-state index contributed by atoms with van der Waals surface area (Å²) in [7, 11) is 0. The Labute approximate surface area is 176 Å². The van der Waals surface area contributed by atoms with Crippen LogP contribution in [-0.2, 0) is 0 Å². The molecule has 0 aliphatic rings. The molecule has 0 bridgehead atoms. The van der Waals surface area contributed by atoms with Gasteiger partial charge in [-0.15, -0.1) is 12.4 Å². The molecule has 0 spiro atoms. The van der Waals surface area contributed by atoms with Crippen LogP contribution in [0.15, 0.2) is 36.5 Å². The zero-order valence-corrected chi connectivity index (χ0v) is 18.0. The lowest BCUT2D eigenvalue weighted by molar-refractivity contribution is 0.0774. The predicted molar refractivity (Wildman–Crippen MR) is 118 cm³/mol. The highest BCUT2D eigenvalue weighted by atomic mass is 35.5. The number of carbonyl (C=O) groups is 1. The van der Waals surface area contributed by atoms with Crippen LogP contribution in [0.1, 0.15) is 35.5 Å². The van der Waals surface area contributed by atoms with Gasteiger partial charge < -0.3 is 10.2 Å². The standard InChI is InChI=1S/C21H23ClN4O.ClH/c1-5-26(6-2)21(27)16-12-23-20-15(9-8-14(4)24-20)19(16)25-18-10-7-13(3)11-17(18)22;/h7-12H,5-6H2,1-4H3,(H,23,24,25);1H. The molecule has 0 saturated carbocycles. The van der Waals surface area contributed by atoms with Gasteiger partial charge in [0.1, 0.15) is 0 Å². The minimum atomic E-state index is -0.0688. The van der Waals surface area contributed by atoms with E-state index < -0.39 is 0 Å². The lowest BCUT2D eigenvalue weighted by Crippen LogP contribution is -2.31. The maximum absolute atomic E-state index is 13.1. The number of rotatable bonds is 5. The van der Waals surface area contributed by atoms with Crippen LogP contribution in [0.5, 0.6) is 0 Å². The number of aromatic nitrogens is 2. The highest BCUT2D eigenvalue weighted by Gasteiger charge is 2.20. The first-order valence-electron chi connectivity index (χ1n) is 9.03. The molecule has 0 radical (unpaired) electrons. The molecule has 5 nitrogen and oxygen atoms in total. The molecule has 7 heteroatoms. The van der Waals surface area contributed by atoms with Crippen LogP contribution >= 0.6 is 24.0 Å². The normalized spacial score (nSPS) is 10.5. The Morgan fingerprint density at radius 3 is 2.50 bits per heavy atom. The quantitative estimate of drug-likeness (QED) is 0.589. The summed E-state index contributed by atoms with van der Waals surface area (Å²) in [5, 5.41) is 4.74. The molecular formula is C21H24Cl2N4O. The van der Waals surface area contributed by atoms with Crippen LogP contribution < -0.4 is 5.32 Å². The molecule has 148 valence electrons. The molecule has 1 amide bonds. The number of halogens is 2. The Morgan fingerprint density at radius 2 is 1.86 bits per heavy atom. The molecule has 1 aromatic carbocycles. The van der Waals surface area contributed by atoms with Crippen molar-refractivity contribution in [3.05, 3.63) is 58.4 Å². The zero-order chi connectivity index (χ0) is 19.6. The van der Waals surface area contributed by atoms with Crippen LogP contribution in [0.25, 0.3) is 11.0 Å². The Balaban J connectivity index is 0.00000280. The number of aryl methyl sites for hydroxylation is 2. The molecule has 28 heavy (non-hydrogen) atoms. The van der Waals surface area contributed by atoms with E-state index in [0.29, 0.717) is 35.0 Å². The van der Waals surface area contributed by atoms with E-state index in [1.54, 1.807) is 11.1 Å². The van der Waals surface area contributed by atoms with Crippen molar-refractivity contribution in [3.63, 3.8) is 0 Å². The first-order chi connectivity index (χ1) is 12.9. The van der Waals surface area contributed by atoms with Gasteiger partial charge in [-0.25, -0.2) is 9.97 Å². The van der Waals surface area contributed by atoms with Crippen molar-refractivity contribution < 1.29 is 4.79 Å². The van der Waals surface area contributed by atoms with E-state index in [4.69, 9.17) is 11.6 Å². The molecule has 0 atom stereocenters. The largest absolute Gasteiger partial charge is 0.353 e. The third-order valence-electron chi connectivity index (χ3n) is 4.53. The summed E-state index contributed by atoms with van der Waals surface area (Å²) in [5.41, 5.74) is 4.46. The fourth-order valence-electron chi connectivity index (χ4n) is 3.01. The van der Waals surface area contributed by atoms with E-state index in [1.165, 1.54) is 0 Å². The minimum absolute atomic E-state index is 0. The average Bonchev–Trinajstić information content (AvgIpc) is 2.64. The first kappa shape index (κ1) is 21.9. The van der Waals surface area contributed by atoms with E-state index in [2.05, 4.69) is 15.3 Å². The Kier molecular flexibility index (Phi) is 7.22. The maximum Gasteiger partial charge on any atom is 0.257 e. The van der Waals surface area contributed by atoms with Gasteiger partial charge in [-0.1, -0.05) is 17.7 Å². The van der Waals surface area contributed by atoms with Gasteiger partial charge in [0, 0.05) is 30.4 Å². The lowest BCUT2D eigenvalue weighted by atomic mass is 10.1. The smallest absolute Gasteiger partial charge is 0.257 e. The molecule has 0 unspecified atom stereocenters. The van der Waals surface area contributed by atoms with Crippen molar-refractivity contribution in [2.75, 3.05) is 18.4 Å². The summed E-state index contributed by atoms with van der Waals surface area (Å²) in [4.78, 5) is 23.7. The van der Waals surface area contributed by atoms with Crippen molar-refractivity contribution in [2.45, 2.75) is 27.7 Å². The second-order valence-electron chi connectivity index (χ2n) is 6.46. The molecule has 0 aliphatic heterocycles. The van der Waals surface area contributed by atoms with Crippen molar-refractivity contribution in [1.29, 1.82) is 0 Å². The SMILES string of the molecule is CCN(CC)C(=O)c1cnc2nc(C)ccc2c1Nc1ccc(C)cc1Cl.Cl. The number of pyridine rings is 2. The Morgan fingerprint density at radius 1 is 1.14 bits per heavy atom. The fraction of sp³-hybridized carbons (Fsp3) is 0.286. The number of amides is 1. The molecule has 0 aliphatic carbocycles. The molecule has 3 aromatic rings. The van der Waals surface area contributed by atoms with Gasteiger partial charge in [0.15, 0.2) is 5.65 Å². The highest BCUT2D eigenvalue weighted by Crippen LogP contribution is 2.33. The molecule has 0 saturated heterocycles. The molecule has 3 rings (SSSR count). The fourth-order valence-corrected chi connectivity index (χ4v) is 3.29. The average molecular weight is 419 g/mol. The van der Waals surface area contributed by atoms with Crippen molar-refractivity contribution in [2.24, 2.45) is 0 Å². The summed E-state index contributed by atoms with van der Waals surface area (Å²) >= 11 is 6.42. The zero-order valence-electron chi connectivity index (χ0n) is 16.4. The van der Waals surface area contributed by atoms with Gasteiger partial charge in [0.05, 0.1) is 22.0 Å². The van der Waals surface area contributed by atoms with E-state index >= 15 is 0 Å². The van der Waals surface area contributed by atoms with Gasteiger partial charge in [-0.2, -0.15) is 0 Å². The number of nitrogens with zero attached hydrogens (tertiary/aromatic N) is 3. The van der Waals surface area contributed by atoms with E-state index in [0.717, 1.165) is 22.3 Å². The molecule has 0 fully saturated rings. The van der Waals surface area contributed by atoms with Gasteiger partial charge in [-0.3, -0.25) is 4.79 Å². The number of carbonyl (C=O) groups excluding carboxylic acids is 1. The number of nitrogens with one attached hydrogen (secondary N) is 1. The monoisotopic (exact) mass is 418 g/mol. The third kappa shape index (κ3) is 4.37. The number of benzene rings is 1. The highest BCUT2D eigenvalue weighted by molar-refractivity contribution is 6.33. The number of anilines is 2. The number of fused-ring (bicyclic) bond motifs is 1. The Bertz CT molecular complexity index is 1000. The molecular weight excluding hydrogens is 395 g/mol. The summed E-state index contributed by atoms with van der Waals surface area (Å²) in [6.45, 7) is 9.09. The van der Waals surface area contributed by atoms with Crippen molar-refractivity contribution in [3.8, 4) is 0 Å². The second kappa shape index (κ2) is 9.22. The van der Waals surface area contributed by atoms with Crippen molar-refractivity contribution in [1.82, 2.24) is 14.9 Å². The van der Waals surface area contributed by atoms with Crippen LogP contribution in [0.4, 0.5) is 11.4 Å². The van der Waals surface area contributed by atoms with E-state index in [9.17, 15) is 4.79 Å². The third-order valence-corrected chi connectivity index (χ3v) is 4.85. The Hall–Kier alpha value is -2.37. The molecule has 2 heterocycles. The van der Waals surface area contributed by atoms with Crippen LogP contribution in [0.2, 0.25) is 5.02 Å². The molecule has 1 N–H and O–H groups in total. The first-order valence-corrected chi connectivity index (χ1v) is 9.41. The lowest BCUT2D eigenvalue weighted by Gasteiger charge is -2.21. The van der Waals surface area contributed by atoms with Crippen LogP contribution in [0.3, 0.4) is 0 Å². The summed E-state index contributed by atoms with van der Waals surface area (Å²) < 4.78 is 0. The predicted octanol–water partition coefficient (Wildman–Crippen LogP) is 5.55. The minimum Gasteiger partial charge on any atom is -0.353 e. The van der Waals surface area contributed by atoms with Gasteiger partial charge in [0.25, 0.3) is 5.91 Å². The second-order valence-corrected chi connectivity index (χ2v) is 6.86.